The zero-order valence-corrected chi connectivity index (χ0v) is 13.4. The number of carbonyl (C=O) groups is 2. The smallest absolute Gasteiger partial charge is 0.237 e. The van der Waals surface area contributed by atoms with Gasteiger partial charge in [0, 0.05) is 19.6 Å². The van der Waals surface area contributed by atoms with Crippen molar-refractivity contribution in [2.24, 2.45) is 5.41 Å². The molecule has 20 heavy (non-hydrogen) atoms. The molecule has 5 heteroatoms. The van der Waals surface area contributed by atoms with E-state index in [-0.39, 0.29) is 11.8 Å². The van der Waals surface area contributed by atoms with Gasteiger partial charge >= 0.3 is 0 Å². The second-order valence-corrected chi connectivity index (χ2v) is 6.39. The fourth-order valence-electron chi connectivity index (χ4n) is 2.41. The van der Waals surface area contributed by atoms with Crippen molar-refractivity contribution < 1.29 is 9.59 Å². The van der Waals surface area contributed by atoms with Crippen molar-refractivity contribution in [2.45, 2.75) is 39.5 Å². The third-order valence-electron chi connectivity index (χ3n) is 3.81. The van der Waals surface area contributed by atoms with Crippen molar-refractivity contribution in [1.29, 1.82) is 0 Å². The summed E-state index contributed by atoms with van der Waals surface area (Å²) >= 11 is 0. The Kier molecular flexibility index (Phi) is 6.46. The molecule has 0 aromatic heterocycles. The van der Waals surface area contributed by atoms with E-state index in [4.69, 9.17) is 0 Å². The van der Waals surface area contributed by atoms with Crippen LogP contribution in [0.4, 0.5) is 0 Å². The van der Waals surface area contributed by atoms with Crippen LogP contribution >= 0.6 is 0 Å². The minimum atomic E-state index is -0.963. The maximum absolute atomic E-state index is 12.5. The van der Waals surface area contributed by atoms with Crippen LogP contribution in [0.25, 0.3) is 0 Å². The van der Waals surface area contributed by atoms with Gasteiger partial charge < -0.3 is 15.1 Å². The van der Waals surface area contributed by atoms with E-state index >= 15 is 0 Å². The summed E-state index contributed by atoms with van der Waals surface area (Å²) in [6.45, 7) is 6.58. The van der Waals surface area contributed by atoms with Gasteiger partial charge in [0.15, 0.2) is 0 Å². The van der Waals surface area contributed by atoms with Crippen LogP contribution in [0.2, 0.25) is 0 Å². The standard InChI is InChI=1S/C15H29N3O2/c1-15(2,13(19)16-9-8-10-17(3)4)14(20)18-11-6-5-7-12-18/h5-12H2,1-4H3,(H,16,19). The van der Waals surface area contributed by atoms with E-state index in [0.717, 1.165) is 38.9 Å². The van der Waals surface area contributed by atoms with E-state index in [1.54, 1.807) is 13.8 Å². The Morgan fingerprint density at radius 3 is 2.30 bits per heavy atom. The number of piperidine rings is 1. The number of hydrogen-bond donors (Lipinski definition) is 1. The largest absolute Gasteiger partial charge is 0.355 e. The number of hydrogen-bond acceptors (Lipinski definition) is 3. The Bertz CT molecular complexity index is 334. The lowest BCUT2D eigenvalue weighted by atomic mass is 9.89. The molecule has 116 valence electrons. The van der Waals surface area contributed by atoms with E-state index in [0.29, 0.717) is 6.54 Å². The Morgan fingerprint density at radius 2 is 1.75 bits per heavy atom. The molecule has 1 saturated heterocycles. The van der Waals surface area contributed by atoms with Crippen LogP contribution < -0.4 is 5.32 Å². The molecule has 0 unspecified atom stereocenters. The lowest BCUT2D eigenvalue weighted by molar-refractivity contribution is -0.149. The summed E-state index contributed by atoms with van der Waals surface area (Å²) in [5.74, 6) is -0.200. The first-order valence-corrected chi connectivity index (χ1v) is 7.58. The first kappa shape index (κ1) is 17.0. The van der Waals surface area contributed by atoms with Gasteiger partial charge in [0.2, 0.25) is 11.8 Å². The predicted octanol–water partition coefficient (Wildman–Crippen LogP) is 1.09. The highest BCUT2D eigenvalue weighted by molar-refractivity contribution is 6.04. The maximum Gasteiger partial charge on any atom is 0.237 e. The Hall–Kier alpha value is -1.10. The first-order valence-electron chi connectivity index (χ1n) is 7.58. The third-order valence-corrected chi connectivity index (χ3v) is 3.81. The molecule has 1 aliphatic rings. The van der Waals surface area contributed by atoms with Crippen LogP contribution in [0, 0.1) is 5.41 Å². The predicted molar refractivity (Wildman–Crippen MR) is 80.4 cm³/mol. The van der Waals surface area contributed by atoms with Crippen LogP contribution in [0.15, 0.2) is 0 Å². The highest BCUT2D eigenvalue weighted by Crippen LogP contribution is 2.22. The molecule has 1 rings (SSSR count). The fourth-order valence-corrected chi connectivity index (χ4v) is 2.41. The van der Waals surface area contributed by atoms with Gasteiger partial charge in [0.05, 0.1) is 0 Å². The van der Waals surface area contributed by atoms with Crippen LogP contribution in [-0.2, 0) is 9.59 Å². The van der Waals surface area contributed by atoms with E-state index in [1.807, 2.05) is 19.0 Å². The highest BCUT2D eigenvalue weighted by atomic mass is 16.2. The van der Waals surface area contributed by atoms with E-state index in [2.05, 4.69) is 10.2 Å². The summed E-state index contributed by atoms with van der Waals surface area (Å²) in [4.78, 5) is 28.6. The Balaban J connectivity index is 2.44. The summed E-state index contributed by atoms with van der Waals surface area (Å²) in [6, 6.07) is 0. The molecule has 0 atom stereocenters. The SMILES string of the molecule is CN(C)CCCNC(=O)C(C)(C)C(=O)N1CCCCC1. The van der Waals surface area contributed by atoms with Gasteiger partial charge in [0.25, 0.3) is 0 Å². The molecular formula is C15H29N3O2. The molecular weight excluding hydrogens is 254 g/mol. The zero-order valence-electron chi connectivity index (χ0n) is 13.4. The van der Waals surface area contributed by atoms with Crippen molar-refractivity contribution >= 4 is 11.8 Å². The molecule has 1 heterocycles. The molecule has 1 N–H and O–H groups in total. The second-order valence-electron chi connectivity index (χ2n) is 6.39. The molecule has 2 amide bonds. The van der Waals surface area contributed by atoms with Crippen LogP contribution in [0.5, 0.6) is 0 Å². The van der Waals surface area contributed by atoms with E-state index < -0.39 is 5.41 Å². The number of likely N-dealkylation sites (tertiary alicyclic amines) is 1. The van der Waals surface area contributed by atoms with Crippen molar-refractivity contribution in [3.63, 3.8) is 0 Å². The zero-order chi connectivity index (χ0) is 15.2. The molecule has 0 saturated carbocycles. The summed E-state index contributed by atoms with van der Waals surface area (Å²) in [5.41, 5.74) is -0.963. The van der Waals surface area contributed by atoms with Gasteiger partial charge in [-0.25, -0.2) is 0 Å². The molecule has 0 radical (unpaired) electrons. The van der Waals surface area contributed by atoms with Crippen LogP contribution in [0.1, 0.15) is 39.5 Å². The maximum atomic E-state index is 12.5. The van der Waals surface area contributed by atoms with Crippen molar-refractivity contribution in [3.05, 3.63) is 0 Å². The minimum absolute atomic E-state index is 0.0395. The quantitative estimate of drug-likeness (QED) is 0.586. The number of nitrogens with one attached hydrogen (secondary N) is 1. The Morgan fingerprint density at radius 1 is 1.15 bits per heavy atom. The van der Waals surface area contributed by atoms with Crippen molar-refractivity contribution in [1.82, 2.24) is 15.1 Å². The first-order chi connectivity index (χ1) is 9.35. The molecule has 1 aliphatic heterocycles. The summed E-state index contributed by atoms with van der Waals surface area (Å²) in [7, 11) is 4.01. The number of carbonyl (C=O) groups excluding carboxylic acids is 2. The average Bonchev–Trinajstić information content (AvgIpc) is 2.43. The van der Waals surface area contributed by atoms with E-state index in [1.165, 1.54) is 6.42 Å². The number of rotatable bonds is 6. The molecule has 0 aliphatic carbocycles. The van der Waals surface area contributed by atoms with Crippen molar-refractivity contribution in [3.8, 4) is 0 Å². The van der Waals surface area contributed by atoms with Gasteiger partial charge in [-0.15, -0.1) is 0 Å². The van der Waals surface area contributed by atoms with Gasteiger partial charge in [-0.1, -0.05) is 0 Å². The van der Waals surface area contributed by atoms with Crippen LogP contribution in [0.3, 0.4) is 0 Å². The topological polar surface area (TPSA) is 52.7 Å². The summed E-state index contributed by atoms with van der Waals surface area (Å²) < 4.78 is 0. The summed E-state index contributed by atoms with van der Waals surface area (Å²) in [6.07, 6.45) is 4.17. The van der Waals surface area contributed by atoms with Crippen LogP contribution in [-0.4, -0.2) is 61.9 Å². The van der Waals surface area contributed by atoms with Crippen molar-refractivity contribution in [2.75, 3.05) is 40.3 Å². The monoisotopic (exact) mass is 283 g/mol. The van der Waals surface area contributed by atoms with Gasteiger partial charge in [0.1, 0.15) is 5.41 Å². The lowest BCUT2D eigenvalue weighted by Gasteiger charge is -2.33. The van der Waals surface area contributed by atoms with E-state index in [9.17, 15) is 9.59 Å². The minimum Gasteiger partial charge on any atom is -0.355 e. The number of nitrogens with zero attached hydrogens (tertiary/aromatic N) is 2. The third kappa shape index (κ3) is 4.78. The second kappa shape index (κ2) is 7.62. The normalized spacial score (nSPS) is 16.4. The fraction of sp³-hybridized carbons (Fsp3) is 0.867. The molecule has 0 aromatic rings. The molecule has 5 nitrogen and oxygen atoms in total. The lowest BCUT2D eigenvalue weighted by Crippen LogP contribution is -2.51. The Labute approximate surface area is 122 Å². The van der Waals surface area contributed by atoms with Gasteiger partial charge in [-0.2, -0.15) is 0 Å². The van der Waals surface area contributed by atoms with Gasteiger partial charge in [-0.05, 0) is 60.2 Å². The molecule has 0 bridgehead atoms. The molecule has 0 spiro atoms. The number of amides is 2. The molecule has 0 aromatic carbocycles. The highest BCUT2D eigenvalue weighted by Gasteiger charge is 2.39. The average molecular weight is 283 g/mol. The van der Waals surface area contributed by atoms with Gasteiger partial charge in [-0.3, -0.25) is 9.59 Å². The molecule has 1 fully saturated rings. The summed E-state index contributed by atoms with van der Waals surface area (Å²) in [5, 5.41) is 2.89.